The highest BCUT2D eigenvalue weighted by molar-refractivity contribution is 9.10. The lowest BCUT2D eigenvalue weighted by atomic mass is 9.90. The lowest BCUT2D eigenvalue weighted by molar-refractivity contribution is 0.498. The van der Waals surface area contributed by atoms with Crippen LogP contribution in [0.15, 0.2) is 39.8 Å². The molecule has 23 heavy (non-hydrogen) atoms. The molecule has 2 aromatic rings. The number of fused-ring (bicyclic) bond motifs is 1. The van der Waals surface area contributed by atoms with E-state index in [9.17, 15) is 4.21 Å². The summed E-state index contributed by atoms with van der Waals surface area (Å²) in [7, 11) is -0.892. The summed E-state index contributed by atoms with van der Waals surface area (Å²) >= 11 is 3.56. The molecule has 0 N–H and O–H groups in total. The minimum atomic E-state index is -0.892. The van der Waals surface area contributed by atoms with E-state index in [-0.39, 0.29) is 0 Å². The average Bonchev–Trinajstić information content (AvgIpc) is 2.96. The summed E-state index contributed by atoms with van der Waals surface area (Å²) in [4.78, 5) is 12.2. The Morgan fingerprint density at radius 2 is 2.09 bits per heavy atom. The number of benzene rings is 1. The maximum absolute atomic E-state index is 11.8. The summed E-state index contributed by atoms with van der Waals surface area (Å²) in [5.74, 6) is 2.10. The van der Waals surface area contributed by atoms with Gasteiger partial charge in [-0.1, -0.05) is 28.1 Å². The van der Waals surface area contributed by atoms with Crippen LogP contribution in [0.1, 0.15) is 30.0 Å². The second-order valence-corrected chi connectivity index (χ2v) is 8.55. The lowest BCUT2D eigenvalue weighted by Gasteiger charge is -2.32. The van der Waals surface area contributed by atoms with Crippen LogP contribution in [-0.4, -0.2) is 33.0 Å². The number of aryl methyl sites for hydroxylation is 1. The first-order valence-electron chi connectivity index (χ1n) is 7.95. The third kappa shape index (κ3) is 3.06. The molecule has 1 aromatic carbocycles. The fraction of sp³-hybridized carbons (Fsp3) is 0.412. The smallest absolute Gasteiger partial charge is 0.225 e. The molecular weight excluding hydrogens is 374 g/mol. The monoisotopic (exact) mass is 391 g/mol. The van der Waals surface area contributed by atoms with Gasteiger partial charge in [0, 0.05) is 35.9 Å². The van der Waals surface area contributed by atoms with Crippen molar-refractivity contribution in [2.75, 3.05) is 23.7 Å². The fourth-order valence-corrected chi connectivity index (χ4v) is 4.99. The van der Waals surface area contributed by atoms with E-state index >= 15 is 0 Å². The molecule has 2 aliphatic rings. The summed E-state index contributed by atoms with van der Waals surface area (Å²) in [5.41, 5.74) is 2.38. The van der Waals surface area contributed by atoms with Crippen LogP contribution >= 0.6 is 15.9 Å². The molecule has 1 unspecified atom stereocenters. The number of aromatic nitrogens is 2. The Hall–Kier alpha value is -1.27. The highest BCUT2D eigenvalue weighted by atomic mass is 79.9. The van der Waals surface area contributed by atoms with Crippen molar-refractivity contribution in [2.24, 2.45) is 0 Å². The molecule has 1 saturated heterocycles. The number of hydrogen-bond acceptors (Lipinski definition) is 4. The van der Waals surface area contributed by atoms with Gasteiger partial charge in [-0.05, 0) is 36.5 Å². The first kappa shape index (κ1) is 15.3. The van der Waals surface area contributed by atoms with Gasteiger partial charge in [0.2, 0.25) is 5.95 Å². The van der Waals surface area contributed by atoms with Crippen LogP contribution in [0, 0.1) is 0 Å². The third-order valence-corrected chi connectivity index (χ3v) is 6.58. The first-order valence-corrected chi connectivity index (χ1v) is 10.1. The molecule has 0 radical (unpaired) electrons. The second kappa shape index (κ2) is 6.32. The second-order valence-electron chi connectivity index (χ2n) is 6.10. The van der Waals surface area contributed by atoms with Crippen molar-refractivity contribution in [1.29, 1.82) is 0 Å². The number of hydrogen-bond donors (Lipinski definition) is 0. The Kier molecular flexibility index (Phi) is 4.20. The number of nitrogens with zero attached hydrogens (tertiary/aromatic N) is 3. The van der Waals surface area contributed by atoms with Gasteiger partial charge in [0.05, 0.1) is 21.4 Å². The van der Waals surface area contributed by atoms with Crippen LogP contribution in [0.4, 0.5) is 5.95 Å². The molecule has 4 rings (SSSR count). The van der Waals surface area contributed by atoms with Gasteiger partial charge in [-0.25, -0.2) is 9.97 Å². The molecule has 0 saturated carbocycles. The number of halogens is 1. The van der Waals surface area contributed by atoms with E-state index in [1.807, 2.05) is 0 Å². The maximum Gasteiger partial charge on any atom is 0.225 e. The Bertz CT molecular complexity index is 759. The maximum atomic E-state index is 11.8. The minimum Gasteiger partial charge on any atom is -0.341 e. The van der Waals surface area contributed by atoms with Crippen LogP contribution < -0.4 is 4.90 Å². The highest BCUT2D eigenvalue weighted by Gasteiger charge is 2.25. The predicted octanol–water partition coefficient (Wildman–Crippen LogP) is 3.29. The Morgan fingerprint density at radius 3 is 2.87 bits per heavy atom. The zero-order valence-corrected chi connectivity index (χ0v) is 15.1. The lowest BCUT2D eigenvalue weighted by Crippen LogP contribution is -2.34. The van der Waals surface area contributed by atoms with Gasteiger partial charge in [0.25, 0.3) is 0 Å². The van der Waals surface area contributed by atoms with Gasteiger partial charge in [0.1, 0.15) is 0 Å². The standard InChI is InChI=1S/C17H18BrN3OS/c18-14-3-1-2-13(10-14)12-4-7-21(8-5-12)17-19-11-16-15(20-17)6-9-23(16)22/h1-3,10-12H,4-9H2. The number of piperidine rings is 1. The summed E-state index contributed by atoms with van der Waals surface area (Å²) in [6.07, 6.45) is 4.80. The summed E-state index contributed by atoms with van der Waals surface area (Å²) < 4.78 is 12.9. The largest absolute Gasteiger partial charge is 0.341 e. The summed E-state index contributed by atoms with van der Waals surface area (Å²) in [5, 5.41) is 0. The Balaban J connectivity index is 1.47. The molecule has 0 bridgehead atoms. The molecule has 0 aliphatic carbocycles. The van der Waals surface area contributed by atoms with Crippen molar-refractivity contribution in [3.63, 3.8) is 0 Å². The minimum absolute atomic E-state index is 0.602. The zero-order valence-electron chi connectivity index (χ0n) is 12.7. The topological polar surface area (TPSA) is 46.1 Å². The van der Waals surface area contributed by atoms with E-state index in [2.05, 4.69) is 55.1 Å². The van der Waals surface area contributed by atoms with Crippen LogP contribution in [0.3, 0.4) is 0 Å². The van der Waals surface area contributed by atoms with Gasteiger partial charge < -0.3 is 4.90 Å². The molecule has 1 fully saturated rings. The Labute approximate surface area is 146 Å². The molecule has 120 valence electrons. The average molecular weight is 392 g/mol. The predicted molar refractivity (Wildman–Crippen MR) is 95.3 cm³/mol. The summed E-state index contributed by atoms with van der Waals surface area (Å²) in [6, 6.07) is 8.62. The fourth-order valence-electron chi connectivity index (χ4n) is 3.39. The SMILES string of the molecule is O=S1CCc2nc(N3CCC(c4cccc(Br)c4)CC3)ncc21. The van der Waals surface area contributed by atoms with Gasteiger partial charge in [-0.15, -0.1) is 0 Å². The molecular formula is C17H18BrN3OS. The number of anilines is 1. The summed E-state index contributed by atoms with van der Waals surface area (Å²) in [6.45, 7) is 1.94. The van der Waals surface area contributed by atoms with Crippen LogP contribution in [0.25, 0.3) is 0 Å². The molecule has 1 aromatic heterocycles. The van der Waals surface area contributed by atoms with Crippen molar-refractivity contribution in [2.45, 2.75) is 30.1 Å². The van der Waals surface area contributed by atoms with E-state index in [0.29, 0.717) is 11.7 Å². The van der Waals surface area contributed by atoms with Crippen molar-refractivity contribution >= 4 is 32.7 Å². The van der Waals surface area contributed by atoms with E-state index in [1.54, 1.807) is 6.20 Å². The van der Waals surface area contributed by atoms with E-state index < -0.39 is 10.8 Å². The Morgan fingerprint density at radius 1 is 1.26 bits per heavy atom. The highest BCUT2D eigenvalue weighted by Crippen LogP contribution is 2.31. The van der Waals surface area contributed by atoms with Crippen LogP contribution in [-0.2, 0) is 17.2 Å². The van der Waals surface area contributed by atoms with Crippen LogP contribution in [0.2, 0.25) is 0 Å². The number of rotatable bonds is 2. The quantitative estimate of drug-likeness (QED) is 0.787. The molecule has 1 atom stereocenters. The van der Waals surface area contributed by atoms with Crippen molar-refractivity contribution in [3.05, 3.63) is 46.2 Å². The van der Waals surface area contributed by atoms with E-state index in [1.165, 1.54) is 5.56 Å². The molecule has 4 nitrogen and oxygen atoms in total. The first-order chi connectivity index (χ1) is 11.2. The van der Waals surface area contributed by atoms with E-state index in [0.717, 1.165) is 53.4 Å². The molecule has 6 heteroatoms. The molecule has 0 spiro atoms. The molecule has 2 aliphatic heterocycles. The van der Waals surface area contributed by atoms with Gasteiger partial charge in [-0.2, -0.15) is 0 Å². The van der Waals surface area contributed by atoms with Crippen molar-refractivity contribution in [3.8, 4) is 0 Å². The van der Waals surface area contributed by atoms with E-state index in [4.69, 9.17) is 0 Å². The molecule has 0 amide bonds. The van der Waals surface area contributed by atoms with Crippen LogP contribution in [0.5, 0.6) is 0 Å². The molecule has 3 heterocycles. The van der Waals surface area contributed by atoms with Crippen molar-refractivity contribution < 1.29 is 4.21 Å². The third-order valence-electron chi connectivity index (χ3n) is 4.68. The zero-order chi connectivity index (χ0) is 15.8. The normalized spacial score (nSPS) is 21.4. The van der Waals surface area contributed by atoms with Gasteiger partial charge in [0.15, 0.2) is 0 Å². The van der Waals surface area contributed by atoms with Gasteiger partial charge in [-0.3, -0.25) is 4.21 Å². The van der Waals surface area contributed by atoms with Gasteiger partial charge >= 0.3 is 0 Å². The van der Waals surface area contributed by atoms with Crippen molar-refractivity contribution in [1.82, 2.24) is 9.97 Å².